The van der Waals surface area contributed by atoms with Gasteiger partial charge in [-0.2, -0.15) is 0 Å². The SMILES string of the molecule is CCCC(C(=O)O)c1c(C)nc(N2CCCCC2)nc1-c1ccc(C)cc1Cl. The van der Waals surface area contributed by atoms with Crippen LogP contribution >= 0.6 is 11.6 Å². The highest BCUT2D eigenvalue weighted by molar-refractivity contribution is 6.33. The van der Waals surface area contributed by atoms with E-state index in [1.807, 2.05) is 39.0 Å². The van der Waals surface area contributed by atoms with Crippen molar-refractivity contribution in [2.75, 3.05) is 18.0 Å². The molecule has 28 heavy (non-hydrogen) atoms. The number of benzene rings is 1. The van der Waals surface area contributed by atoms with Crippen molar-refractivity contribution in [3.05, 3.63) is 40.0 Å². The van der Waals surface area contributed by atoms with Gasteiger partial charge in [0.1, 0.15) is 0 Å². The van der Waals surface area contributed by atoms with Crippen LogP contribution in [0.5, 0.6) is 0 Å². The molecule has 1 N–H and O–H groups in total. The molecule has 0 saturated carbocycles. The van der Waals surface area contributed by atoms with Crippen LogP contribution in [-0.2, 0) is 4.79 Å². The van der Waals surface area contributed by atoms with Crippen molar-refractivity contribution in [1.29, 1.82) is 0 Å². The number of rotatable bonds is 6. The van der Waals surface area contributed by atoms with Crippen LogP contribution in [0.3, 0.4) is 0 Å². The number of carboxylic acid groups (broad SMARTS) is 1. The third kappa shape index (κ3) is 4.30. The molecule has 1 aliphatic heterocycles. The number of aliphatic carboxylic acids is 1. The minimum absolute atomic E-state index is 0.541. The molecule has 1 saturated heterocycles. The third-order valence-electron chi connectivity index (χ3n) is 5.37. The molecule has 0 amide bonds. The highest BCUT2D eigenvalue weighted by Gasteiger charge is 2.28. The summed E-state index contributed by atoms with van der Waals surface area (Å²) in [5, 5.41) is 10.5. The first-order valence-corrected chi connectivity index (χ1v) is 10.4. The molecule has 0 radical (unpaired) electrons. The fourth-order valence-corrected chi connectivity index (χ4v) is 4.24. The van der Waals surface area contributed by atoms with Gasteiger partial charge in [-0.15, -0.1) is 0 Å². The molecular formula is C22H28ClN3O2. The molecule has 1 aromatic carbocycles. The molecule has 1 aliphatic rings. The van der Waals surface area contributed by atoms with Gasteiger partial charge in [0.2, 0.25) is 5.95 Å². The van der Waals surface area contributed by atoms with Crippen LogP contribution in [0.4, 0.5) is 5.95 Å². The molecule has 0 spiro atoms. The zero-order valence-corrected chi connectivity index (χ0v) is 17.6. The Balaban J connectivity index is 2.21. The van der Waals surface area contributed by atoms with Gasteiger partial charge in [0.05, 0.1) is 16.6 Å². The monoisotopic (exact) mass is 401 g/mol. The number of anilines is 1. The number of hydrogen-bond acceptors (Lipinski definition) is 4. The largest absolute Gasteiger partial charge is 0.481 e. The van der Waals surface area contributed by atoms with Crippen molar-refractivity contribution in [3.8, 4) is 11.3 Å². The van der Waals surface area contributed by atoms with Crippen LogP contribution in [-0.4, -0.2) is 34.1 Å². The Labute approximate surface area is 171 Å². The maximum atomic E-state index is 12.1. The van der Waals surface area contributed by atoms with E-state index in [2.05, 4.69) is 4.90 Å². The molecule has 0 bridgehead atoms. The van der Waals surface area contributed by atoms with Gasteiger partial charge in [-0.3, -0.25) is 4.79 Å². The number of aryl methyl sites for hydroxylation is 2. The Morgan fingerprint density at radius 1 is 1.21 bits per heavy atom. The summed E-state index contributed by atoms with van der Waals surface area (Å²) in [5.41, 5.74) is 3.89. The van der Waals surface area contributed by atoms with Crippen molar-refractivity contribution >= 4 is 23.5 Å². The molecule has 1 atom stereocenters. The molecule has 2 heterocycles. The summed E-state index contributed by atoms with van der Waals surface area (Å²) >= 11 is 6.57. The number of carbonyl (C=O) groups is 1. The number of piperidine rings is 1. The summed E-state index contributed by atoms with van der Waals surface area (Å²) in [6.45, 7) is 7.72. The zero-order chi connectivity index (χ0) is 20.3. The predicted octanol–water partition coefficient (Wildman–Crippen LogP) is 5.37. The van der Waals surface area contributed by atoms with Gasteiger partial charge >= 0.3 is 5.97 Å². The average molecular weight is 402 g/mol. The predicted molar refractivity (Wildman–Crippen MR) is 113 cm³/mol. The lowest BCUT2D eigenvalue weighted by atomic mass is 9.89. The van der Waals surface area contributed by atoms with E-state index in [4.69, 9.17) is 21.6 Å². The van der Waals surface area contributed by atoms with Crippen LogP contribution < -0.4 is 4.90 Å². The number of halogens is 1. The van der Waals surface area contributed by atoms with Gasteiger partial charge in [0.15, 0.2) is 0 Å². The van der Waals surface area contributed by atoms with Crippen molar-refractivity contribution < 1.29 is 9.90 Å². The molecular weight excluding hydrogens is 374 g/mol. The normalized spacial score (nSPS) is 15.5. The van der Waals surface area contributed by atoms with E-state index in [0.29, 0.717) is 28.6 Å². The maximum Gasteiger partial charge on any atom is 0.311 e. The highest BCUT2D eigenvalue weighted by atomic mass is 35.5. The van der Waals surface area contributed by atoms with Gasteiger partial charge < -0.3 is 10.0 Å². The number of hydrogen-bond donors (Lipinski definition) is 1. The summed E-state index contributed by atoms with van der Waals surface area (Å²) in [6.07, 6.45) is 4.78. The lowest BCUT2D eigenvalue weighted by Crippen LogP contribution is -2.31. The van der Waals surface area contributed by atoms with Crippen LogP contribution in [0.2, 0.25) is 5.02 Å². The number of aromatic nitrogens is 2. The van der Waals surface area contributed by atoms with E-state index in [-0.39, 0.29) is 0 Å². The number of carboxylic acids is 1. The average Bonchev–Trinajstić information content (AvgIpc) is 2.66. The zero-order valence-electron chi connectivity index (χ0n) is 16.8. The van der Waals surface area contributed by atoms with E-state index >= 15 is 0 Å². The van der Waals surface area contributed by atoms with Crippen molar-refractivity contribution in [2.24, 2.45) is 0 Å². The summed E-state index contributed by atoms with van der Waals surface area (Å²) in [7, 11) is 0. The molecule has 1 fully saturated rings. The maximum absolute atomic E-state index is 12.1. The summed E-state index contributed by atoms with van der Waals surface area (Å²) in [5.74, 6) is -0.815. The van der Waals surface area contributed by atoms with E-state index in [1.165, 1.54) is 6.42 Å². The fourth-order valence-electron chi connectivity index (χ4n) is 3.92. The van der Waals surface area contributed by atoms with Gasteiger partial charge in [0, 0.05) is 29.9 Å². The first kappa shape index (κ1) is 20.6. The van der Waals surface area contributed by atoms with E-state index in [9.17, 15) is 9.90 Å². The summed E-state index contributed by atoms with van der Waals surface area (Å²) in [4.78, 5) is 23.8. The summed E-state index contributed by atoms with van der Waals surface area (Å²) in [6, 6.07) is 5.82. The van der Waals surface area contributed by atoms with Crippen molar-refractivity contribution in [3.63, 3.8) is 0 Å². The van der Waals surface area contributed by atoms with E-state index in [1.54, 1.807) is 0 Å². The van der Waals surface area contributed by atoms with E-state index < -0.39 is 11.9 Å². The van der Waals surface area contributed by atoms with Gasteiger partial charge in [-0.05, 0) is 51.2 Å². The minimum atomic E-state index is -0.844. The first-order chi connectivity index (χ1) is 13.4. The Morgan fingerprint density at radius 3 is 2.54 bits per heavy atom. The summed E-state index contributed by atoms with van der Waals surface area (Å²) < 4.78 is 0. The molecule has 3 rings (SSSR count). The Morgan fingerprint density at radius 2 is 1.93 bits per heavy atom. The second-order valence-corrected chi connectivity index (χ2v) is 7.99. The topological polar surface area (TPSA) is 66.3 Å². The lowest BCUT2D eigenvalue weighted by molar-refractivity contribution is -0.139. The van der Waals surface area contributed by atoms with Gasteiger partial charge in [0.25, 0.3) is 0 Å². The highest BCUT2D eigenvalue weighted by Crippen LogP contribution is 2.37. The second-order valence-electron chi connectivity index (χ2n) is 7.58. The first-order valence-electron chi connectivity index (χ1n) is 10.0. The molecule has 1 aromatic heterocycles. The van der Waals surface area contributed by atoms with Gasteiger partial charge in [-0.1, -0.05) is 37.1 Å². The lowest BCUT2D eigenvalue weighted by Gasteiger charge is -2.28. The second kappa shape index (κ2) is 8.91. The minimum Gasteiger partial charge on any atom is -0.481 e. The van der Waals surface area contributed by atoms with E-state index in [0.717, 1.165) is 49.2 Å². The Bertz CT molecular complexity index is 863. The fraction of sp³-hybridized carbons (Fsp3) is 0.500. The molecule has 2 aromatic rings. The molecule has 150 valence electrons. The van der Waals surface area contributed by atoms with Crippen LogP contribution in [0.15, 0.2) is 18.2 Å². The Hall–Kier alpha value is -2.14. The molecule has 5 nitrogen and oxygen atoms in total. The van der Waals surface area contributed by atoms with Gasteiger partial charge in [-0.25, -0.2) is 9.97 Å². The van der Waals surface area contributed by atoms with Crippen LogP contribution in [0.1, 0.15) is 61.8 Å². The molecule has 6 heteroatoms. The van der Waals surface area contributed by atoms with Crippen molar-refractivity contribution in [2.45, 2.75) is 58.8 Å². The van der Waals surface area contributed by atoms with Crippen LogP contribution in [0.25, 0.3) is 11.3 Å². The molecule has 0 aliphatic carbocycles. The molecule has 1 unspecified atom stereocenters. The standard InChI is InChI=1S/C22H28ClN3O2/c1-4-8-17(21(27)28)19-15(3)24-22(26-11-6-5-7-12-26)25-20(19)16-10-9-14(2)13-18(16)23/h9-10,13,17H,4-8,11-12H2,1-3H3,(H,27,28). The quantitative estimate of drug-likeness (QED) is 0.704. The smallest absolute Gasteiger partial charge is 0.311 e. The Kier molecular flexibility index (Phi) is 6.55. The number of nitrogens with zero attached hydrogens (tertiary/aromatic N) is 3. The van der Waals surface area contributed by atoms with Crippen LogP contribution in [0, 0.1) is 13.8 Å². The third-order valence-corrected chi connectivity index (χ3v) is 5.68. The van der Waals surface area contributed by atoms with Crippen molar-refractivity contribution in [1.82, 2.24) is 9.97 Å².